The van der Waals surface area contributed by atoms with Crippen LogP contribution >= 0.6 is 12.2 Å². The summed E-state index contributed by atoms with van der Waals surface area (Å²) in [5.74, 6) is 0. The number of aromatic nitrogens is 2. The summed E-state index contributed by atoms with van der Waals surface area (Å²) < 4.78 is 4.35. The smallest absolute Gasteiger partial charge is 0.179 e. The summed E-state index contributed by atoms with van der Waals surface area (Å²) in [7, 11) is 3.76. The van der Waals surface area contributed by atoms with Gasteiger partial charge in [0.1, 0.15) is 5.60 Å². The van der Waals surface area contributed by atoms with Crippen LogP contribution < -0.4 is 0 Å². The number of nitrogens with zero attached hydrogens (tertiary/aromatic N) is 2. The quantitative estimate of drug-likeness (QED) is 0.729. The van der Waals surface area contributed by atoms with E-state index in [2.05, 4.69) is 0 Å². The van der Waals surface area contributed by atoms with Crippen molar-refractivity contribution in [3.63, 3.8) is 0 Å². The highest BCUT2D eigenvalue weighted by Crippen LogP contribution is 2.32. The molecule has 4 heteroatoms. The van der Waals surface area contributed by atoms with Gasteiger partial charge < -0.3 is 14.2 Å². The largest absolute Gasteiger partial charge is 0.375 e. The molecule has 3 rings (SSSR count). The lowest BCUT2D eigenvalue weighted by Gasteiger charge is -2.25. The fourth-order valence-electron chi connectivity index (χ4n) is 2.82. The number of hydrogen-bond donors (Lipinski definition) is 1. The zero-order valence-electron chi connectivity index (χ0n) is 13.8. The van der Waals surface area contributed by atoms with Crippen LogP contribution in [0.3, 0.4) is 0 Å². The Kier molecular flexibility index (Phi) is 4.51. The number of rotatable bonds is 4. The number of aliphatic hydroxyl groups is 1. The van der Waals surface area contributed by atoms with Gasteiger partial charge in [0.25, 0.3) is 0 Å². The Labute approximate surface area is 147 Å². The first-order valence-electron chi connectivity index (χ1n) is 7.77. The standard InChI is InChI=1S/C20H20N2OS/c1-21-15-18(22(2)19(21)24)20(23,17-11-7-4-8-12-17)14-13-16-9-5-3-6-10-16/h3-15,23H,1-2H3/b14-13+. The van der Waals surface area contributed by atoms with Crippen molar-refractivity contribution >= 4 is 18.3 Å². The average Bonchev–Trinajstić information content (AvgIpc) is 2.89. The van der Waals surface area contributed by atoms with Gasteiger partial charge in [-0.1, -0.05) is 66.7 Å². The maximum Gasteiger partial charge on any atom is 0.179 e. The SMILES string of the molecule is Cn1cc(C(O)(/C=C/c2ccccc2)c2ccccc2)n(C)c1=S. The Hall–Kier alpha value is -2.43. The lowest BCUT2D eigenvalue weighted by molar-refractivity contribution is 0.127. The summed E-state index contributed by atoms with van der Waals surface area (Å²) in [6, 6.07) is 19.6. The molecule has 0 spiro atoms. The van der Waals surface area contributed by atoms with E-state index in [1.165, 1.54) is 0 Å². The third-order valence-corrected chi connectivity index (χ3v) is 4.75. The highest BCUT2D eigenvalue weighted by Gasteiger charge is 2.32. The van der Waals surface area contributed by atoms with Gasteiger partial charge in [0, 0.05) is 20.3 Å². The lowest BCUT2D eigenvalue weighted by atomic mass is 9.89. The minimum Gasteiger partial charge on any atom is -0.375 e. The summed E-state index contributed by atoms with van der Waals surface area (Å²) in [5, 5.41) is 11.6. The van der Waals surface area contributed by atoms with Crippen LogP contribution in [0.4, 0.5) is 0 Å². The zero-order chi connectivity index (χ0) is 17.2. The maximum absolute atomic E-state index is 11.6. The molecule has 0 aliphatic rings. The molecule has 24 heavy (non-hydrogen) atoms. The first-order chi connectivity index (χ1) is 11.5. The Bertz CT molecular complexity index is 910. The first-order valence-corrected chi connectivity index (χ1v) is 8.18. The Morgan fingerprint density at radius 2 is 1.54 bits per heavy atom. The number of benzene rings is 2. The van der Waals surface area contributed by atoms with Crippen molar-refractivity contribution in [2.75, 3.05) is 0 Å². The van der Waals surface area contributed by atoms with Gasteiger partial charge in [0.2, 0.25) is 0 Å². The molecule has 1 N–H and O–H groups in total. The molecule has 1 heterocycles. The van der Waals surface area contributed by atoms with Crippen LogP contribution in [0.5, 0.6) is 0 Å². The van der Waals surface area contributed by atoms with E-state index in [0.29, 0.717) is 4.77 Å². The van der Waals surface area contributed by atoms with Gasteiger partial charge in [-0.15, -0.1) is 0 Å². The Morgan fingerprint density at radius 1 is 0.958 bits per heavy atom. The molecule has 1 atom stereocenters. The summed E-state index contributed by atoms with van der Waals surface area (Å²) in [5.41, 5.74) is 1.30. The van der Waals surface area contributed by atoms with E-state index >= 15 is 0 Å². The molecular weight excluding hydrogens is 316 g/mol. The van der Waals surface area contributed by atoms with Gasteiger partial charge >= 0.3 is 0 Å². The Balaban J connectivity index is 2.16. The number of hydrogen-bond acceptors (Lipinski definition) is 2. The minimum atomic E-state index is -1.26. The molecule has 122 valence electrons. The van der Waals surface area contributed by atoms with E-state index in [0.717, 1.165) is 16.8 Å². The molecular formula is C20H20N2OS. The van der Waals surface area contributed by atoms with Crippen LogP contribution in [0.2, 0.25) is 0 Å². The lowest BCUT2D eigenvalue weighted by Crippen LogP contribution is -2.27. The van der Waals surface area contributed by atoms with Crippen LogP contribution in [0.15, 0.2) is 72.9 Å². The van der Waals surface area contributed by atoms with Crippen LogP contribution in [0.25, 0.3) is 6.08 Å². The van der Waals surface area contributed by atoms with Crippen LogP contribution in [-0.4, -0.2) is 14.2 Å². The predicted molar refractivity (Wildman–Crippen MR) is 100 cm³/mol. The van der Waals surface area contributed by atoms with Crippen molar-refractivity contribution < 1.29 is 5.11 Å². The molecule has 0 radical (unpaired) electrons. The summed E-state index contributed by atoms with van der Waals surface area (Å²) in [6.45, 7) is 0. The highest BCUT2D eigenvalue weighted by molar-refractivity contribution is 7.71. The van der Waals surface area contributed by atoms with E-state index in [1.54, 1.807) is 0 Å². The van der Waals surface area contributed by atoms with Gasteiger partial charge in [-0.3, -0.25) is 0 Å². The second-order valence-electron chi connectivity index (χ2n) is 5.84. The normalized spacial score (nSPS) is 14.0. The number of imidazole rings is 1. The summed E-state index contributed by atoms with van der Waals surface area (Å²) >= 11 is 5.40. The van der Waals surface area contributed by atoms with Crippen molar-refractivity contribution in [3.8, 4) is 0 Å². The van der Waals surface area contributed by atoms with Crippen molar-refractivity contribution in [3.05, 3.63) is 94.5 Å². The minimum absolute atomic E-state index is 0.660. The molecule has 0 fully saturated rings. The molecule has 0 aliphatic carbocycles. The van der Waals surface area contributed by atoms with Crippen molar-refractivity contribution in [1.29, 1.82) is 0 Å². The third kappa shape index (κ3) is 2.98. The van der Waals surface area contributed by atoms with E-state index < -0.39 is 5.60 Å². The van der Waals surface area contributed by atoms with Crippen molar-refractivity contribution in [2.24, 2.45) is 14.1 Å². The monoisotopic (exact) mass is 336 g/mol. The van der Waals surface area contributed by atoms with Gasteiger partial charge in [-0.25, -0.2) is 0 Å². The summed E-state index contributed by atoms with van der Waals surface area (Å²) in [6.07, 6.45) is 5.63. The molecule has 3 nitrogen and oxygen atoms in total. The first kappa shape index (κ1) is 16.4. The topological polar surface area (TPSA) is 30.1 Å². The predicted octanol–water partition coefficient (Wildman–Crippen LogP) is 4.04. The molecule has 0 saturated heterocycles. The molecule has 0 amide bonds. The maximum atomic E-state index is 11.6. The average molecular weight is 336 g/mol. The molecule has 1 unspecified atom stereocenters. The second kappa shape index (κ2) is 6.59. The van der Waals surface area contributed by atoms with Gasteiger partial charge in [0.15, 0.2) is 4.77 Å². The molecule has 0 saturated carbocycles. The Morgan fingerprint density at radius 3 is 2.08 bits per heavy atom. The van der Waals surface area contributed by atoms with Gasteiger partial charge in [-0.05, 0) is 29.4 Å². The molecule has 1 aromatic heterocycles. The molecule has 0 bridgehead atoms. The zero-order valence-corrected chi connectivity index (χ0v) is 14.6. The van der Waals surface area contributed by atoms with E-state index in [1.807, 2.05) is 102 Å². The molecule has 0 aliphatic heterocycles. The van der Waals surface area contributed by atoms with E-state index in [4.69, 9.17) is 12.2 Å². The molecule has 3 aromatic rings. The van der Waals surface area contributed by atoms with E-state index in [-0.39, 0.29) is 0 Å². The number of aryl methyl sites for hydroxylation is 1. The van der Waals surface area contributed by atoms with Crippen LogP contribution in [0, 0.1) is 4.77 Å². The third-order valence-electron chi connectivity index (χ3n) is 4.19. The highest BCUT2D eigenvalue weighted by atomic mass is 32.1. The molecule has 2 aromatic carbocycles. The fraction of sp³-hybridized carbons (Fsp3) is 0.150. The van der Waals surface area contributed by atoms with Crippen LogP contribution in [0.1, 0.15) is 16.8 Å². The van der Waals surface area contributed by atoms with Crippen LogP contribution in [-0.2, 0) is 19.7 Å². The summed E-state index contributed by atoms with van der Waals surface area (Å²) in [4.78, 5) is 0. The van der Waals surface area contributed by atoms with E-state index in [9.17, 15) is 5.11 Å². The van der Waals surface area contributed by atoms with Crippen molar-refractivity contribution in [2.45, 2.75) is 5.60 Å². The van der Waals surface area contributed by atoms with Gasteiger partial charge in [0.05, 0.1) is 5.69 Å². The second-order valence-corrected chi connectivity index (χ2v) is 6.21. The van der Waals surface area contributed by atoms with Crippen molar-refractivity contribution in [1.82, 2.24) is 9.13 Å². The van der Waals surface area contributed by atoms with Gasteiger partial charge in [-0.2, -0.15) is 0 Å². The fourth-order valence-corrected chi connectivity index (χ4v) is 2.97.